The Balaban J connectivity index is 2.46. The Kier molecular flexibility index (Phi) is 12.8. The minimum Gasteiger partial charge on any atom is -0.466 e. The number of ether oxygens (including phenoxy) is 1. The summed E-state index contributed by atoms with van der Waals surface area (Å²) in [6.45, 7) is 8.71. The topological polar surface area (TPSA) is 66.8 Å². The molecule has 170 valence electrons. The number of aliphatic hydroxyl groups is 2. The Morgan fingerprint density at radius 2 is 1.90 bits per heavy atom. The van der Waals surface area contributed by atoms with Crippen molar-refractivity contribution in [1.29, 1.82) is 0 Å². The summed E-state index contributed by atoms with van der Waals surface area (Å²) in [5.41, 5.74) is 0.714. The lowest BCUT2D eigenvalue weighted by Gasteiger charge is -2.32. The Bertz CT molecular complexity index is 485. The number of carbonyl (C=O) groups is 1. The fourth-order valence-electron chi connectivity index (χ4n) is 4.42. The highest BCUT2D eigenvalue weighted by Crippen LogP contribution is 2.37. The lowest BCUT2D eigenvalue weighted by atomic mass is 9.81. The van der Waals surface area contributed by atoms with E-state index in [1.807, 2.05) is 6.92 Å². The van der Waals surface area contributed by atoms with Gasteiger partial charge in [0.15, 0.2) is 0 Å². The second kappa shape index (κ2) is 14.2. The van der Waals surface area contributed by atoms with Crippen molar-refractivity contribution < 1.29 is 19.7 Å². The van der Waals surface area contributed by atoms with E-state index in [4.69, 9.17) is 4.74 Å². The van der Waals surface area contributed by atoms with Crippen molar-refractivity contribution in [3.8, 4) is 0 Å². The Hall–Kier alpha value is -0.870. The van der Waals surface area contributed by atoms with Gasteiger partial charge in [0.05, 0.1) is 18.3 Å². The summed E-state index contributed by atoms with van der Waals surface area (Å²) in [4.78, 5) is 11.4. The summed E-state index contributed by atoms with van der Waals surface area (Å²) in [6.07, 6.45) is 14.4. The summed E-state index contributed by atoms with van der Waals surface area (Å²) in [7, 11) is 0. The number of hydrogen-bond acceptors (Lipinski definition) is 4. The fraction of sp³-hybridized carbons (Fsp3) is 0.880. The maximum Gasteiger partial charge on any atom is 0.305 e. The number of aliphatic hydroxyl groups excluding tert-OH is 1. The molecule has 2 N–H and O–H groups in total. The lowest BCUT2D eigenvalue weighted by Crippen LogP contribution is -2.34. The van der Waals surface area contributed by atoms with E-state index in [9.17, 15) is 15.0 Å². The van der Waals surface area contributed by atoms with Gasteiger partial charge in [-0.25, -0.2) is 0 Å². The van der Waals surface area contributed by atoms with Crippen LogP contribution in [0.5, 0.6) is 0 Å². The van der Waals surface area contributed by atoms with Crippen molar-refractivity contribution in [2.45, 2.75) is 123 Å². The van der Waals surface area contributed by atoms with Crippen molar-refractivity contribution in [3.63, 3.8) is 0 Å². The van der Waals surface area contributed by atoms with Gasteiger partial charge in [0, 0.05) is 12.3 Å². The Labute approximate surface area is 179 Å². The molecule has 0 amide bonds. The zero-order valence-corrected chi connectivity index (χ0v) is 19.4. The largest absolute Gasteiger partial charge is 0.466 e. The van der Waals surface area contributed by atoms with Crippen LogP contribution < -0.4 is 0 Å². The van der Waals surface area contributed by atoms with Gasteiger partial charge >= 0.3 is 5.97 Å². The molecule has 0 aromatic rings. The van der Waals surface area contributed by atoms with Gasteiger partial charge in [-0.1, -0.05) is 70.9 Å². The first-order chi connectivity index (χ1) is 13.8. The summed E-state index contributed by atoms with van der Waals surface area (Å²) < 4.78 is 4.96. The van der Waals surface area contributed by atoms with Crippen LogP contribution in [0, 0.1) is 11.8 Å². The van der Waals surface area contributed by atoms with Crippen LogP contribution in [-0.4, -0.2) is 34.5 Å². The predicted octanol–water partition coefficient (Wildman–Crippen LogP) is 5.94. The van der Waals surface area contributed by atoms with E-state index in [2.05, 4.69) is 26.8 Å². The molecule has 1 saturated carbocycles. The molecule has 0 aromatic carbocycles. The molecule has 0 spiro atoms. The van der Waals surface area contributed by atoms with Gasteiger partial charge < -0.3 is 14.9 Å². The van der Waals surface area contributed by atoms with E-state index >= 15 is 0 Å². The van der Waals surface area contributed by atoms with Crippen LogP contribution in [0.2, 0.25) is 0 Å². The van der Waals surface area contributed by atoms with E-state index in [1.54, 1.807) is 0 Å². The minimum absolute atomic E-state index is 0.0967. The quantitative estimate of drug-likeness (QED) is 0.199. The van der Waals surface area contributed by atoms with E-state index in [1.165, 1.54) is 18.4 Å². The molecule has 1 aliphatic rings. The maximum atomic E-state index is 11.4. The summed E-state index contributed by atoms with van der Waals surface area (Å²) >= 11 is 0. The molecule has 0 saturated heterocycles. The number of hydrogen-bond donors (Lipinski definition) is 2. The van der Waals surface area contributed by atoms with Crippen LogP contribution >= 0.6 is 0 Å². The van der Waals surface area contributed by atoms with Gasteiger partial charge in [0.2, 0.25) is 0 Å². The first kappa shape index (κ1) is 26.2. The van der Waals surface area contributed by atoms with Gasteiger partial charge in [0.25, 0.3) is 0 Å². The van der Waals surface area contributed by atoms with Crippen molar-refractivity contribution in [2.75, 3.05) is 6.61 Å². The smallest absolute Gasteiger partial charge is 0.305 e. The third-order valence-corrected chi connectivity index (χ3v) is 6.63. The van der Waals surface area contributed by atoms with Crippen LogP contribution in [0.25, 0.3) is 0 Å². The molecule has 0 bridgehead atoms. The van der Waals surface area contributed by atoms with E-state index in [-0.39, 0.29) is 23.9 Å². The third kappa shape index (κ3) is 9.65. The SMILES string of the molecule is CCCCCC(O)(CC=C1CC[C@H](O)[C@@H]1CCCCCCC(=O)OCC)C(C)C. The van der Waals surface area contributed by atoms with Crippen LogP contribution in [0.3, 0.4) is 0 Å². The van der Waals surface area contributed by atoms with Crippen LogP contribution in [0.4, 0.5) is 0 Å². The van der Waals surface area contributed by atoms with Crippen molar-refractivity contribution in [2.24, 2.45) is 11.8 Å². The van der Waals surface area contributed by atoms with Crippen molar-refractivity contribution in [1.82, 2.24) is 0 Å². The third-order valence-electron chi connectivity index (χ3n) is 6.63. The number of carbonyl (C=O) groups excluding carboxylic acids is 1. The molecule has 4 heteroatoms. The highest BCUT2D eigenvalue weighted by Gasteiger charge is 2.32. The van der Waals surface area contributed by atoms with E-state index < -0.39 is 5.60 Å². The maximum absolute atomic E-state index is 11.4. The molecule has 1 rings (SSSR count). The summed E-state index contributed by atoms with van der Waals surface area (Å²) in [5, 5.41) is 21.6. The Morgan fingerprint density at radius 1 is 1.17 bits per heavy atom. The van der Waals surface area contributed by atoms with Gasteiger partial charge in [0.1, 0.15) is 0 Å². The summed E-state index contributed by atoms with van der Waals surface area (Å²) in [6, 6.07) is 0. The highest BCUT2D eigenvalue weighted by atomic mass is 16.5. The van der Waals surface area contributed by atoms with E-state index in [0.29, 0.717) is 19.4 Å². The van der Waals surface area contributed by atoms with E-state index in [0.717, 1.165) is 57.8 Å². The van der Waals surface area contributed by atoms with Crippen molar-refractivity contribution >= 4 is 5.97 Å². The zero-order chi connectivity index (χ0) is 21.7. The van der Waals surface area contributed by atoms with Crippen LogP contribution in [0.1, 0.15) is 111 Å². The minimum atomic E-state index is -0.632. The fourth-order valence-corrected chi connectivity index (χ4v) is 4.42. The molecule has 0 radical (unpaired) electrons. The molecule has 1 unspecified atom stereocenters. The second-order valence-corrected chi connectivity index (χ2v) is 9.17. The molecular weight excluding hydrogens is 364 g/mol. The average molecular weight is 411 g/mol. The molecule has 29 heavy (non-hydrogen) atoms. The molecule has 1 fully saturated rings. The molecular formula is C25H46O4. The molecule has 1 aliphatic carbocycles. The number of esters is 1. The average Bonchev–Trinajstić information content (AvgIpc) is 3.03. The van der Waals surface area contributed by atoms with Gasteiger partial charge in [-0.2, -0.15) is 0 Å². The standard InChI is InChI=1S/C25H46O4/c1-5-7-12-18-25(28,20(3)4)19-17-21-15-16-23(26)22(21)13-10-8-9-11-14-24(27)29-6-2/h17,20,22-23,26,28H,5-16,18-19H2,1-4H3/t22-,23+,25?/m1/s1. The molecule has 0 aliphatic heterocycles. The normalized spacial score (nSPS) is 22.9. The van der Waals surface area contributed by atoms with Crippen molar-refractivity contribution in [3.05, 3.63) is 11.6 Å². The predicted molar refractivity (Wildman–Crippen MR) is 120 cm³/mol. The summed E-state index contributed by atoms with van der Waals surface area (Å²) in [5.74, 6) is 0.382. The first-order valence-corrected chi connectivity index (χ1v) is 12.1. The first-order valence-electron chi connectivity index (χ1n) is 12.1. The molecule has 3 atom stereocenters. The van der Waals surface area contributed by atoms with Gasteiger partial charge in [-0.3, -0.25) is 4.79 Å². The highest BCUT2D eigenvalue weighted by molar-refractivity contribution is 5.69. The second-order valence-electron chi connectivity index (χ2n) is 9.17. The lowest BCUT2D eigenvalue weighted by molar-refractivity contribution is -0.143. The Morgan fingerprint density at radius 3 is 2.55 bits per heavy atom. The van der Waals surface area contributed by atoms with Crippen LogP contribution in [-0.2, 0) is 9.53 Å². The molecule has 4 nitrogen and oxygen atoms in total. The number of rotatable bonds is 15. The van der Waals surface area contributed by atoms with Gasteiger partial charge in [-0.15, -0.1) is 0 Å². The number of unbranched alkanes of at least 4 members (excludes halogenated alkanes) is 5. The van der Waals surface area contributed by atoms with Crippen LogP contribution in [0.15, 0.2) is 11.6 Å². The van der Waals surface area contributed by atoms with Gasteiger partial charge in [-0.05, 0) is 51.4 Å². The monoisotopic (exact) mass is 410 g/mol. The zero-order valence-electron chi connectivity index (χ0n) is 19.4. The molecule has 0 heterocycles. The molecule has 0 aromatic heterocycles.